The molecule has 0 atom stereocenters. The number of benzene rings is 1. The number of hydrogen-bond acceptors (Lipinski definition) is 5. The minimum atomic E-state index is -3.57. The van der Waals surface area contributed by atoms with Gasteiger partial charge in [-0.05, 0) is 30.3 Å². The molecule has 2 rings (SSSR count). The topological polar surface area (TPSA) is 88.8 Å². The predicted octanol–water partition coefficient (Wildman–Crippen LogP) is 1.52. The summed E-state index contributed by atoms with van der Waals surface area (Å²) >= 11 is 0. The molecule has 0 unspecified atom stereocenters. The van der Waals surface area contributed by atoms with Gasteiger partial charge in [0, 0.05) is 25.1 Å². The van der Waals surface area contributed by atoms with E-state index in [9.17, 15) is 8.42 Å². The third kappa shape index (κ3) is 4.59. The standard InChI is InChI=1S/C14H17NO5S/c16-7-1-8-20-13-2-4-14(5-3-13)21(17,18)15-10-12-6-9-19-11-12/h2-6,9,11,15-16H,1,7-8,10H2. The van der Waals surface area contributed by atoms with E-state index >= 15 is 0 Å². The number of aliphatic hydroxyl groups excluding tert-OH is 1. The molecule has 0 aliphatic heterocycles. The summed E-state index contributed by atoms with van der Waals surface area (Å²) in [6, 6.07) is 7.83. The van der Waals surface area contributed by atoms with Crippen LogP contribution < -0.4 is 9.46 Å². The summed E-state index contributed by atoms with van der Waals surface area (Å²) in [5.74, 6) is 0.567. The van der Waals surface area contributed by atoms with Gasteiger partial charge >= 0.3 is 0 Å². The van der Waals surface area contributed by atoms with Gasteiger partial charge < -0.3 is 14.3 Å². The molecular weight excluding hydrogens is 294 g/mol. The largest absolute Gasteiger partial charge is 0.494 e. The van der Waals surface area contributed by atoms with Crippen molar-refractivity contribution in [1.82, 2.24) is 4.72 Å². The SMILES string of the molecule is O=S(=O)(NCc1ccoc1)c1ccc(OCCCO)cc1. The van der Waals surface area contributed by atoms with Gasteiger partial charge in [0.1, 0.15) is 5.75 Å². The summed E-state index contributed by atoms with van der Waals surface area (Å²) in [6.45, 7) is 0.624. The molecule has 2 aromatic rings. The lowest BCUT2D eigenvalue weighted by atomic mass is 10.3. The molecule has 2 N–H and O–H groups in total. The van der Waals surface area contributed by atoms with Crippen molar-refractivity contribution in [3.8, 4) is 5.75 Å². The van der Waals surface area contributed by atoms with Crippen LogP contribution in [0.2, 0.25) is 0 Å². The Morgan fingerprint density at radius 2 is 1.95 bits per heavy atom. The molecule has 0 bridgehead atoms. The second-order valence-corrected chi connectivity index (χ2v) is 6.12. The number of ether oxygens (including phenoxy) is 1. The second kappa shape index (κ2) is 7.26. The van der Waals surface area contributed by atoms with Crippen LogP contribution in [0.15, 0.2) is 52.2 Å². The highest BCUT2D eigenvalue weighted by Gasteiger charge is 2.13. The van der Waals surface area contributed by atoms with E-state index in [1.54, 1.807) is 18.2 Å². The smallest absolute Gasteiger partial charge is 0.240 e. The summed E-state index contributed by atoms with van der Waals surface area (Å²) in [7, 11) is -3.57. The van der Waals surface area contributed by atoms with Gasteiger partial charge in [-0.15, -0.1) is 0 Å². The van der Waals surface area contributed by atoms with Gasteiger partial charge in [0.15, 0.2) is 0 Å². The molecule has 0 saturated carbocycles. The zero-order valence-corrected chi connectivity index (χ0v) is 12.2. The van der Waals surface area contributed by atoms with Gasteiger partial charge in [0.05, 0.1) is 24.0 Å². The van der Waals surface area contributed by atoms with E-state index in [1.807, 2.05) is 0 Å². The molecule has 0 saturated heterocycles. The normalized spacial score (nSPS) is 11.5. The first-order chi connectivity index (χ1) is 10.1. The first-order valence-corrected chi connectivity index (χ1v) is 7.94. The minimum absolute atomic E-state index is 0.0599. The molecule has 0 aliphatic rings. The van der Waals surface area contributed by atoms with Gasteiger partial charge in [-0.3, -0.25) is 0 Å². The molecule has 0 radical (unpaired) electrons. The maximum atomic E-state index is 12.1. The number of sulfonamides is 1. The lowest BCUT2D eigenvalue weighted by Gasteiger charge is -2.08. The Hall–Kier alpha value is -1.83. The molecule has 0 fully saturated rings. The fourth-order valence-electron chi connectivity index (χ4n) is 1.62. The van der Waals surface area contributed by atoms with E-state index in [0.29, 0.717) is 18.8 Å². The molecular formula is C14H17NO5S. The van der Waals surface area contributed by atoms with Gasteiger partial charge in [-0.1, -0.05) is 0 Å². The second-order valence-electron chi connectivity index (χ2n) is 4.35. The van der Waals surface area contributed by atoms with Crippen molar-refractivity contribution < 1.29 is 22.7 Å². The number of hydrogen-bond donors (Lipinski definition) is 2. The molecule has 1 aromatic carbocycles. The van der Waals surface area contributed by atoms with Crippen LogP contribution in [-0.2, 0) is 16.6 Å². The van der Waals surface area contributed by atoms with Gasteiger partial charge in [-0.2, -0.15) is 0 Å². The minimum Gasteiger partial charge on any atom is -0.494 e. The highest BCUT2D eigenvalue weighted by Crippen LogP contribution is 2.16. The number of furan rings is 1. The van der Waals surface area contributed by atoms with Crippen LogP contribution in [0.5, 0.6) is 5.75 Å². The highest BCUT2D eigenvalue weighted by molar-refractivity contribution is 7.89. The van der Waals surface area contributed by atoms with Crippen molar-refractivity contribution in [3.63, 3.8) is 0 Å². The van der Waals surface area contributed by atoms with E-state index in [-0.39, 0.29) is 18.0 Å². The Labute approximate surface area is 123 Å². The Balaban J connectivity index is 1.96. The van der Waals surface area contributed by atoms with Crippen molar-refractivity contribution in [2.75, 3.05) is 13.2 Å². The quantitative estimate of drug-likeness (QED) is 0.722. The zero-order valence-electron chi connectivity index (χ0n) is 11.4. The summed E-state index contributed by atoms with van der Waals surface area (Å²) < 4.78 is 36.9. The van der Waals surface area contributed by atoms with Crippen LogP contribution in [0, 0.1) is 0 Å². The number of nitrogens with one attached hydrogen (secondary N) is 1. The van der Waals surface area contributed by atoms with Crippen LogP contribution in [0.25, 0.3) is 0 Å². The van der Waals surface area contributed by atoms with Crippen molar-refractivity contribution in [2.45, 2.75) is 17.9 Å². The Morgan fingerprint density at radius 1 is 1.19 bits per heavy atom. The van der Waals surface area contributed by atoms with Crippen molar-refractivity contribution >= 4 is 10.0 Å². The molecule has 21 heavy (non-hydrogen) atoms. The van der Waals surface area contributed by atoms with E-state index in [2.05, 4.69) is 4.72 Å². The maximum Gasteiger partial charge on any atom is 0.240 e. The summed E-state index contributed by atoms with van der Waals surface area (Å²) in [5, 5.41) is 8.66. The molecule has 0 amide bonds. The molecule has 0 aliphatic carbocycles. The summed E-state index contributed by atoms with van der Waals surface area (Å²) in [6.07, 6.45) is 3.51. The first-order valence-electron chi connectivity index (χ1n) is 6.46. The molecule has 1 heterocycles. The number of rotatable bonds is 8. The molecule has 0 spiro atoms. The lowest BCUT2D eigenvalue weighted by Crippen LogP contribution is -2.22. The zero-order chi connectivity index (χ0) is 15.1. The highest BCUT2D eigenvalue weighted by atomic mass is 32.2. The van der Waals surface area contributed by atoms with Crippen LogP contribution in [-0.4, -0.2) is 26.7 Å². The number of aliphatic hydroxyl groups is 1. The molecule has 6 nitrogen and oxygen atoms in total. The van der Waals surface area contributed by atoms with Crippen LogP contribution in [0.3, 0.4) is 0 Å². The third-order valence-electron chi connectivity index (χ3n) is 2.75. The summed E-state index contributed by atoms with van der Waals surface area (Å²) in [5.41, 5.74) is 0.752. The average molecular weight is 311 g/mol. The van der Waals surface area contributed by atoms with Crippen LogP contribution >= 0.6 is 0 Å². The average Bonchev–Trinajstić information content (AvgIpc) is 3.00. The first kappa shape index (κ1) is 15.6. The van der Waals surface area contributed by atoms with E-state index in [1.165, 1.54) is 24.7 Å². The van der Waals surface area contributed by atoms with Crippen molar-refractivity contribution in [1.29, 1.82) is 0 Å². The van der Waals surface area contributed by atoms with E-state index in [4.69, 9.17) is 14.3 Å². The van der Waals surface area contributed by atoms with Crippen LogP contribution in [0.1, 0.15) is 12.0 Å². The van der Waals surface area contributed by atoms with E-state index in [0.717, 1.165) is 5.56 Å². The van der Waals surface area contributed by atoms with Gasteiger partial charge in [-0.25, -0.2) is 13.1 Å². The Morgan fingerprint density at radius 3 is 2.57 bits per heavy atom. The van der Waals surface area contributed by atoms with Crippen molar-refractivity contribution in [3.05, 3.63) is 48.4 Å². The van der Waals surface area contributed by atoms with Gasteiger partial charge in [0.2, 0.25) is 10.0 Å². The molecule has 114 valence electrons. The maximum absolute atomic E-state index is 12.1. The van der Waals surface area contributed by atoms with Crippen molar-refractivity contribution in [2.24, 2.45) is 0 Å². The monoisotopic (exact) mass is 311 g/mol. The van der Waals surface area contributed by atoms with Crippen LogP contribution in [0.4, 0.5) is 0 Å². The third-order valence-corrected chi connectivity index (χ3v) is 4.17. The Kier molecular flexibility index (Phi) is 5.38. The summed E-state index contributed by atoms with van der Waals surface area (Å²) in [4.78, 5) is 0.167. The lowest BCUT2D eigenvalue weighted by molar-refractivity contribution is 0.233. The van der Waals surface area contributed by atoms with Gasteiger partial charge in [0.25, 0.3) is 0 Å². The fourth-order valence-corrected chi connectivity index (χ4v) is 2.64. The van der Waals surface area contributed by atoms with E-state index < -0.39 is 10.0 Å². The predicted molar refractivity (Wildman–Crippen MR) is 76.4 cm³/mol. The Bertz CT molecular complexity index is 635. The fraction of sp³-hybridized carbons (Fsp3) is 0.286. The molecule has 7 heteroatoms. The molecule has 1 aromatic heterocycles.